The van der Waals surface area contributed by atoms with Crippen molar-refractivity contribution in [2.24, 2.45) is 0 Å². The van der Waals surface area contributed by atoms with E-state index in [1.807, 2.05) is 0 Å². The highest BCUT2D eigenvalue weighted by atomic mass is 16.5. The Morgan fingerprint density at radius 2 is 1.67 bits per heavy atom. The number of ether oxygens (including phenoxy) is 1. The molecule has 24 heavy (non-hydrogen) atoms. The van der Waals surface area contributed by atoms with E-state index in [0.29, 0.717) is 6.61 Å². The molecule has 0 unspecified atom stereocenters. The van der Waals surface area contributed by atoms with E-state index in [1.165, 1.54) is 33.2 Å². The maximum absolute atomic E-state index is 11.0. The predicted octanol–water partition coefficient (Wildman–Crippen LogP) is 5.44. The van der Waals surface area contributed by atoms with Gasteiger partial charge in [0.1, 0.15) is 0 Å². The summed E-state index contributed by atoms with van der Waals surface area (Å²) in [6.07, 6.45) is 5.30. The van der Waals surface area contributed by atoms with Crippen LogP contribution in [0.1, 0.15) is 24.8 Å². The first kappa shape index (κ1) is 16.3. The van der Waals surface area contributed by atoms with Crippen LogP contribution in [0.15, 0.2) is 67.3 Å². The van der Waals surface area contributed by atoms with E-state index in [0.717, 1.165) is 25.7 Å². The molecule has 122 valence electrons. The second-order valence-corrected chi connectivity index (χ2v) is 6.02. The molecule has 0 atom stereocenters. The van der Waals surface area contributed by atoms with E-state index >= 15 is 0 Å². The Balaban J connectivity index is 1.65. The average molecular weight is 318 g/mol. The topological polar surface area (TPSA) is 26.3 Å². The van der Waals surface area contributed by atoms with Gasteiger partial charge in [0.2, 0.25) is 0 Å². The highest BCUT2D eigenvalue weighted by Gasteiger charge is 2.03. The van der Waals surface area contributed by atoms with Gasteiger partial charge in [0.05, 0.1) is 6.61 Å². The first-order chi connectivity index (χ1) is 11.8. The minimum Gasteiger partial charge on any atom is -0.463 e. The summed E-state index contributed by atoms with van der Waals surface area (Å²) in [4.78, 5) is 11.0. The Kier molecular flexibility index (Phi) is 5.27. The zero-order valence-electron chi connectivity index (χ0n) is 13.8. The molecule has 0 amide bonds. The van der Waals surface area contributed by atoms with Crippen LogP contribution >= 0.6 is 0 Å². The number of hydrogen-bond acceptors (Lipinski definition) is 2. The van der Waals surface area contributed by atoms with Crippen LogP contribution in [0.2, 0.25) is 0 Å². The molecule has 0 heterocycles. The third kappa shape index (κ3) is 3.83. The SMILES string of the molecule is C=CC(=O)OCCCCCc1cccc2cc3ccccc3cc12. The fourth-order valence-corrected chi connectivity index (χ4v) is 3.08. The van der Waals surface area contributed by atoms with Crippen molar-refractivity contribution in [3.05, 3.63) is 72.8 Å². The molecular weight excluding hydrogens is 296 g/mol. The van der Waals surface area contributed by atoms with Crippen LogP contribution in [0.3, 0.4) is 0 Å². The van der Waals surface area contributed by atoms with Gasteiger partial charge in [0.25, 0.3) is 0 Å². The van der Waals surface area contributed by atoms with E-state index < -0.39 is 0 Å². The van der Waals surface area contributed by atoms with Gasteiger partial charge in [0, 0.05) is 6.08 Å². The molecule has 0 aliphatic rings. The number of rotatable bonds is 7. The molecule has 0 saturated carbocycles. The Morgan fingerprint density at radius 1 is 0.917 bits per heavy atom. The van der Waals surface area contributed by atoms with E-state index in [-0.39, 0.29) is 5.97 Å². The van der Waals surface area contributed by atoms with Crippen molar-refractivity contribution >= 4 is 27.5 Å². The van der Waals surface area contributed by atoms with Crippen molar-refractivity contribution < 1.29 is 9.53 Å². The van der Waals surface area contributed by atoms with Crippen LogP contribution in [0, 0.1) is 0 Å². The maximum Gasteiger partial charge on any atom is 0.330 e. The first-order valence-corrected chi connectivity index (χ1v) is 8.47. The number of carbonyl (C=O) groups is 1. The second kappa shape index (κ2) is 7.78. The van der Waals surface area contributed by atoms with Crippen LogP contribution in [0.4, 0.5) is 0 Å². The lowest BCUT2D eigenvalue weighted by molar-refractivity contribution is -0.137. The van der Waals surface area contributed by atoms with Gasteiger partial charge in [-0.15, -0.1) is 0 Å². The number of esters is 1. The zero-order valence-corrected chi connectivity index (χ0v) is 13.8. The molecule has 0 spiro atoms. The van der Waals surface area contributed by atoms with Gasteiger partial charge in [-0.05, 0) is 64.9 Å². The standard InChI is InChI=1S/C22H22O2/c1-2-22(23)24-14-7-3-4-9-17-12-8-13-20-15-18-10-5-6-11-19(18)16-21(17)20/h2,5-6,8,10-13,15-16H,1,3-4,7,9,14H2. The summed E-state index contributed by atoms with van der Waals surface area (Å²) in [5, 5.41) is 5.21. The summed E-state index contributed by atoms with van der Waals surface area (Å²) in [5.74, 6) is -0.337. The van der Waals surface area contributed by atoms with Gasteiger partial charge >= 0.3 is 5.97 Å². The molecule has 0 saturated heterocycles. The molecule has 2 heteroatoms. The normalized spacial score (nSPS) is 10.8. The van der Waals surface area contributed by atoms with Crippen LogP contribution < -0.4 is 0 Å². The minimum absolute atomic E-state index is 0.337. The zero-order chi connectivity index (χ0) is 16.8. The Labute approximate surface area is 142 Å². The molecule has 0 N–H and O–H groups in total. The van der Waals surface area contributed by atoms with Gasteiger partial charge < -0.3 is 4.74 Å². The molecule has 0 aliphatic heterocycles. The lowest BCUT2D eigenvalue weighted by Gasteiger charge is -2.09. The number of benzene rings is 3. The van der Waals surface area contributed by atoms with E-state index in [9.17, 15) is 4.79 Å². The number of hydrogen-bond donors (Lipinski definition) is 0. The third-order valence-corrected chi connectivity index (χ3v) is 4.34. The third-order valence-electron chi connectivity index (χ3n) is 4.34. The van der Waals surface area contributed by atoms with E-state index in [2.05, 4.69) is 61.2 Å². The summed E-state index contributed by atoms with van der Waals surface area (Å²) in [5.41, 5.74) is 1.39. The lowest BCUT2D eigenvalue weighted by Crippen LogP contribution is -2.01. The molecule has 0 aromatic heterocycles. The molecule has 3 aromatic rings. The lowest BCUT2D eigenvalue weighted by atomic mass is 9.97. The highest BCUT2D eigenvalue weighted by Crippen LogP contribution is 2.26. The monoisotopic (exact) mass is 318 g/mol. The minimum atomic E-state index is -0.337. The van der Waals surface area contributed by atoms with Crippen molar-refractivity contribution in [3.63, 3.8) is 0 Å². The molecule has 0 radical (unpaired) electrons. The fraction of sp³-hybridized carbons (Fsp3) is 0.227. The maximum atomic E-state index is 11.0. The number of carbonyl (C=O) groups excluding carboxylic acids is 1. The summed E-state index contributed by atoms with van der Waals surface area (Å²) in [7, 11) is 0. The van der Waals surface area contributed by atoms with E-state index in [1.54, 1.807) is 0 Å². The fourth-order valence-electron chi connectivity index (χ4n) is 3.08. The van der Waals surface area contributed by atoms with Crippen LogP contribution in [-0.2, 0) is 16.0 Å². The molecule has 3 aromatic carbocycles. The summed E-state index contributed by atoms with van der Waals surface area (Å²) in [6.45, 7) is 3.87. The average Bonchev–Trinajstić information content (AvgIpc) is 2.62. The van der Waals surface area contributed by atoms with Crippen molar-refractivity contribution in [1.29, 1.82) is 0 Å². The van der Waals surface area contributed by atoms with Crippen LogP contribution in [0.25, 0.3) is 21.5 Å². The molecule has 2 nitrogen and oxygen atoms in total. The van der Waals surface area contributed by atoms with Gasteiger partial charge in [-0.3, -0.25) is 0 Å². The van der Waals surface area contributed by atoms with E-state index in [4.69, 9.17) is 4.74 Å². The van der Waals surface area contributed by atoms with Gasteiger partial charge in [-0.1, -0.05) is 49.0 Å². The Morgan fingerprint density at radius 3 is 2.46 bits per heavy atom. The van der Waals surface area contributed by atoms with Crippen molar-refractivity contribution in [2.45, 2.75) is 25.7 Å². The van der Waals surface area contributed by atoms with Gasteiger partial charge in [-0.2, -0.15) is 0 Å². The number of unbranched alkanes of at least 4 members (excludes halogenated alkanes) is 2. The quantitative estimate of drug-likeness (QED) is 0.251. The van der Waals surface area contributed by atoms with Crippen LogP contribution in [-0.4, -0.2) is 12.6 Å². The Hall–Kier alpha value is -2.61. The predicted molar refractivity (Wildman–Crippen MR) is 100 cm³/mol. The van der Waals surface area contributed by atoms with Crippen molar-refractivity contribution in [2.75, 3.05) is 6.61 Å². The van der Waals surface area contributed by atoms with Gasteiger partial charge in [0.15, 0.2) is 0 Å². The highest BCUT2D eigenvalue weighted by molar-refractivity contribution is 5.99. The van der Waals surface area contributed by atoms with Crippen molar-refractivity contribution in [3.8, 4) is 0 Å². The largest absolute Gasteiger partial charge is 0.463 e. The first-order valence-electron chi connectivity index (χ1n) is 8.47. The molecule has 0 fully saturated rings. The molecular formula is C22H22O2. The summed E-state index contributed by atoms with van der Waals surface area (Å²) < 4.78 is 5.00. The van der Waals surface area contributed by atoms with Crippen LogP contribution in [0.5, 0.6) is 0 Å². The van der Waals surface area contributed by atoms with Gasteiger partial charge in [-0.25, -0.2) is 4.79 Å². The molecule has 3 rings (SSSR count). The Bertz CT molecular complexity index is 864. The molecule has 0 bridgehead atoms. The van der Waals surface area contributed by atoms with Crippen molar-refractivity contribution in [1.82, 2.24) is 0 Å². The smallest absolute Gasteiger partial charge is 0.330 e. The number of aryl methyl sites for hydroxylation is 1. The number of fused-ring (bicyclic) bond motifs is 2. The summed E-state index contributed by atoms with van der Waals surface area (Å²) >= 11 is 0. The summed E-state index contributed by atoms with van der Waals surface area (Å²) in [6, 6.07) is 19.6. The second-order valence-electron chi connectivity index (χ2n) is 6.02. The molecule has 0 aliphatic carbocycles.